The van der Waals surface area contributed by atoms with Gasteiger partial charge in [0.25, 0.3) is 17.3 Å². The van der Waals surface area contributed by atoms with Crippen molar-refractivity contribution in [3.8, 4) is 0 Å². The van der Waals surface area contributed by atoms with Crippen molar-refractivity contribution in [2.24, 2.45) is 7.05 Å². The minimum atomic E-state index is -0.827. The van der Waals surface area contributed by atoms with Crippen molar-refractivity contribution in [1.82, 2.24) is 15.1 Å². The SMILES string of the molecule is Cn1cc(CNC(=O)c2ccc([N+](=O)[O-])cc2[N+](=O)[O-])cn1. The highest BCUT2D eigenvalue weighted by molar-refractivity contribution is 5.98. The summed E-state index contributed by atoms with van der Waals surface area (Å²) in [7, 11) is 1.71. The van der Waals surface area contributed by atoms with Gasteiger partial charge in [-0.15, -0.1) is 0 Å². The van der Waals surface area contributed by atoms with Crippen LogP contribution >= 0.6 is 0 Å². The summed E-state index contributed by atoms with van der Waals surface area (Å²) < 4.78 is 1.55. The predicted molar refractivity (Wildman–Crippen MR) is 74.1 cm³/mol. The monoisotopic (exact) mass is 305 g/mol. The summed E-state index contributed by atoms with van der Waals surface area (Å²) in [6.45, 7) is 0.140. The molecule has 2 rings (SSSR count). The summed E-state index contributed by atoms with van der Waals surface area (Å²) >= 11 is 0. The summed E-state index contributed by atoms with van der Waals surface area (Å²) in [6.07, 6.45) is 3.23. The number of rotatable bonds is 5. The highest BCUT2D eigenvalue weighted by Crippen LogP contribution is 2.24. The van der Waals surface area contributed by atoms with Crippen LogP contribution in [0.25, 0.3) is 0 Å². The van der Waals surface area contributed by atoms with Gasteiger partial charge in [-0.05, 0) is 6.07 Å². The maximum atomic E-state index is 12.0. The normalized spacial score (nSPS) is 10.2. The first-order chi connectivity index (χ1) is 10.4. The summed E-state index contributed by atoms with van der Waals surface area (Å²) in [4.78, 5) is 32.0. The van der Waals surface area contributed by atoms with Gasteiger partial charge < -0.3 is 5.32 Å². The van der Waals surface area contributed by atoms with Gasteiger partial charge in [-0.3, -0.25) is 29.7 Å². The Kier molecular flexibility index (Phi) is 4.11. The summed E-state index contributed by atoms with van der Waals surface area (Å²) in [6, 6.07) is 2.87. The molecule has 10 heteroatoms. The fraction of sp³-hybridized carbons (Fsp3) is 0.167. The van der Waals surface area contributed by atoms with Crippen molar-refractivity contribution >= 4 is 17.3 Å². The predicted octanol–water partition coefficient (Wildman–Crippen LogP) is 1.17. The molecule has 1 heterocycles. The van der Waals surface area contributed by atoms with Crippen LogP contribution in [0.1, 0.15) is 15.9 Å². The zero-order chi connectivity index (χ0) is 16.3. The van der Waals surface area contributed by atoms with Gasteiger partial charge in [0.15, 0.2) is 0 Å². The number of amides is 1. The summed E-state index contributed by atoms with van der Waals surface area (Å²) in [5, 5.41) is 28.0. The van der Waals surface area contributed by atoms with E-state index in [1.54, 1.807) is 24.1 Å². The third-order valence-corrected chi connectivity index (χ3v) is 2.84. The molecule has 0 aliphatic heterocycles. The second-order valence-corrected chi connectivity index (χ2v) is 4.42. The quantitative estimate of drug-likeness (QED) is 0.651. The average molecular weight is 305 g/mol. The zero-order valence-corrected chi connectivity index (χ0v) is 11.4. The smallest absolute Gasteiger partial charge is 0.289 e. The number of nitro benzene ring substituents is 2. The Labute approximate surface area is 123 Å². The van der Waals surface area contributed by atoms with Crippen molar-refractivity contribution < 1.29 is 14.6 Å². The lowest BCUT2D eigenvalue weighted by Gasteiger charge is -2.04. The number of benzene rings is 1. The minimum absolute atomic E-state index is 0.140. The van der Waals surface area contributed by atoms with E-state index in [-0.39, 0.29) is 12.1 Å². The molecular weight excluding hydrogens is 294 g/mol. The number of carbonyl (C=O) groups is 1. The molecule has 0 fully saturated rings. The molecule has 0 spiro atoms. The van der Waals surface area contributed by atoms with E-state index >= 15 is 0 Å². The molecule has 0 saturated carbocycles. The Morgan fingerprint density at radius 3 is 2.59 bits per heavy atom. The lowest BCUT2D eigenvalue weighted by molar-refractivity contribution is -0.394. The van der Waals surface area contributed by atoms with Crippen molar-refractivity contribution in [1.29, 1.82) is 0 Å². The Bertz CT molecular complexity index is 754. The molecular formula is C12H11N5O5. The number of hydrogen-bond acceptors (Lipinski definition) is 6. The second kappa shape index (κ2) is 5.99. The van der Waals surface area contributed by atoms with E-state index in [4.69, 9.17) is 0 Å². The molecule has 1 N–H and O–H groups in total. The molecule has 114 valence electrons. The Hall–Kier alpha value is -3.30. The number of aromatic nitrogens is 2. The molecule has 1 aromatic heterocycles. The van der Waals surface area contributed by atoms with E-state index in [0.29, 0.717) is 0 Å². The van der Waals surface area contributed by atoms with Gasteiger partial charge in [-0.2, -0.15) is 5.10 Å². The number of nitrogens with one attached hydrogen (secondary N) is 1. The number of carbonyl (C=O) groups excluding carboxylic acids is 1. The molecule has 0 aliphatic carbocycles. The first-order valence-corrected chi connectivity index (χ1v) is 6.07. The Balaban J connectivity index is 2.21. The lowest BCUT2D eigenvalue weighted by Crippen LogP contribution is -2.23. The van der Waals surface area contributed by atoms with Crippen LogP contribution in [0.5, 0.6) is 0 Å². The molecule has 0 bridgehead atoms. The van der Waals surface area contributed by atoms with Crippen LogP contribution in [-0.2, 0) is 13.6 Å². The third-order valence-electron chi connectivity index (χ3n) is 2.84. The maximum absolute atomic E-state index is 12.0. The first-order valence-electron chi connectivity index (χ1n) is 6.07. The molecule has 1 amide bonds. The molecule has 10 nitrogen and oxygen atoms in total. The number of nitrogens with zero attached hydrogens (tertiary/aromatic N) is 4. The molecule has 0 atom stereocenters. The highest BCUT2D eigenvalue weighted by Gasteiger charge is 2.23. The molecule has 22 heavy (non-hydrogen) atoms. The van der Waals surface area contributed by atoms with E-state index in [9.17, 15) is 25.0 Å². The van der Waals surface area contributed by atoms with Crippen LogP contribution in [0.15, 0.2) is 30.6 Å². The third kappa shape index (κ3) is 3.23. The number of non-ortho nitro benzene ring substituents is 1. The molecule has 0 saturated heterocycles. The van der Waals surface area contributed by atoms with Crippen LogP contribution in [0.2, 0.25) is 0 Å². The topological polar surface area (TPSA) is 133 Å². The molecule has 0 unspecified atom stereocenters. The standard InChI is InChI=1S/C12H11N5O5/c1-15-7-8(6-14-15)5-13-12(18)10-3-2-9(16(19)20)4-11(10)17(21)22/h2-4,6-7H,5H2,1H3,(H,13,18). The van der Waals surface area contributed by atoms with E-state index < -0.39 is 27.1 Å². The molecule has 2 aromatic rings. The van der Waals surface area contributed by atoms with Gasteiger partial charge in [0, 0.05) is 31.4 Å². The van der Waals surface area contributed by atoms with E-state index in [1.165, 1.54) is 0 Å². The molecule has 0 aliphatic rings. The van der Waals surface area contributed by atoms with Crippen LogP contribution in [0, 0.1) is 20.2 Å². The largest absolute Gasteiger partial charge is 0.348 e. The van der Waals surface area contributed by atoms with E-state index in [1.807, 2.05) is 0 Å². The van der Waals surface area contributed by atoms with Gasteiger partial charge in [0.2, 0.25) is 0 Å². The number of hydrogen-bond donors (Lipinski definition) is 1. The summed E-state index contributed by atoms with van der Waals surface area (Å²) in [5.74, 6) is -0.689. The van der Waals surface area contributed by atoms with Crippen LogP contribution in [-0.4, -0.2) is 25.5 Å². The Morgan fingerprint density at radius 2 is 2.05 bits per heavy atom. The van der Waals surface area contributed by atoms with Gasteiger partial charge in [0.05, 0.1) is 22.1 Å². The van der Waals surface area contributed by atoms with Gasteiger partial charge >= 0.3 is 0 Å². The van der Waals surface area contributed by atoms with Gasteiger partial charge in [-0.1, -0.05) is 0 Å². The molecule has 0 radical (unpaired) electrons. The molecule has 1 aromatic carbocycles. The fourth-order valence-corrected chi connectivity index (χ4v) is 1.82. The van der Waals surface area contributed by atoms with Gasteiger partial charge in [0.1, 0.15) is 5.56 Å². The van der Waals surface area contributed by atoms with E-state index in [2.05, 4.69) is 10.4 Å². The van der Waals surface area contributed by atoms with Crippen molar-refractivity contribution in [3.63, 3.8) is 0 Å². The van der Waals surface area contributed by atoms with Gasteiger partial charge in [-0.25, -0.2) is 0 Å². The lowest BCUT2D eigenvalue weighted by atomic mass is 10.1. The van der Waals surface area contributed by atoms with Crippen molar-refractivity contribution in [2.45, 2.75) is 6.54 Å². The minimum Gasteiger partial charge on any atom is -0.348 e. The van der Waals surface area contributed by atoms with Crippen LogP contribution in [0.3, 0.4) is 0 Å². The first kappa shape index (κ1) is 15.1. The average Bonchev–Trinajstić information content (AvgIpc) is 2.89. The van der Waals surface area contributed by atoms with Crippen LogP contribution in [0.4, 0.5) is 11.4 Å². The number of nitro groups is 2. The number of aryl methyl sites for hydroxylation is 1. The second-order valence-electron chi connectivity index (χ2n) is 4.42. The Morgan fingerprint density at radius 1 is 1.32 bits per heavy atom. The van der Waals surface area contributed by atoms with Crippen LogP contribution < -0.4 is 5.32 Å². The van der Waals surface area contributed by atoms with E-state index in [0.717, 1.165) is 23.8 Å². The zero-order valence-electron chi connectivity index (χ0n) is 11.4. The highest BCUT2D eigenvalue weighted by atomic mass is 16.6. The van der Waals surface area contributed by atoms with Crippen molar-refractivity contribution in [3.05, 3.63) is 61.9 Å². The summed E-state index contributed by atoms with van der Waals surface area (Å²) in [5.41, 5.74) is -0.576. The fourth-order valence-electron chi connectivity index (χ4n) is 1.82. The van der Waals surface area contributed by atoms with Crippen molar-refractivity contribution in [2.75, 3.05) is 0 Å². The maximum Gasteiger partial charge on any atom is 0.289 e.